The molecule has 2 amide bonds. The van der Waals surface area contributed by atoms with Gasteiger partial charge in [0.2, 0.25) is 5.91 Å². The van der Waals surface area contributed by atoms with Crippen molar-refractivity contribution in [2.24, 2.45) is 5.41 Å². The van der Waals surface area contributed by atoms with Gasteiger partial charge in [0, 0.05) is 49.8 Å². The molecule has 4 rings (SSSR count). The first-order valence-corrected chi connectivity index (χ1v) is 11.6. The Hall–Kier alpha value is -2.92. The van der Waals surface area contributed by atoms with Gasteiger partial charge < -0.3 is 19.9 Å². The fraction of sp³-hybridized carbons (Fsp3) is 0.542. The van der Waals surface area contributed by atoms with Gasteiger partial charge in [-0.25, -0.2) is 18.0 Å². The van der Waals surface area contributed by atoms with Crippen LogP contribution in [0.5, 0.6) is 0 Å². The van der Waals surface area contributed by atoms with Crippen LogP contribution in [0, 0.1) is 22.9 Å². The van der Waals surface area contributed by atoms with Crippen LogP contribution in [0.3, 0.4) is 0 Å². The van der Waals surface area contributed by atoms with E-state index in [1.54, 1.807) is 4.90 Å². The molecule has 8 nitrogen and oxygen atoms in total. The second kappa shape index (κ2) is 9.62. The number of rotatable bonds is 3. The standard InChI is InChI=1S/C24H30F3N5O3/c1-24(2,3)21(22(33)31-8-6-30(4)7-9-31)28-23(34)32-19-5-10-35-13-15(19)20(29-32)14-11-17(26)18(27)12-16(14)25/h11-12,21H,5-10,13H2,1-4H3,(H,28,34). The number of nitrogens with one attached hydrogen (secondary N) is 1. The van der Waals surface area contributed by atoms with Crippen molar-refractivity contribution >= 4 is 11.9 Å². The van der Waals surface area contributed by atoms with E-state index in [0.717, 1.165) is 23.8 Å². The number of carbonyl (C=O) groups excluding carboxylic acids is 2. The van der Waals surface area contributed by atoms with E-state index in [1.165, 1.54) is 0 Å². The fourth-order valence-electron chi connectivity index (χ4n) is 4.37. The van der Waals surface area contributed by atoms with E-state index in [1.807, 2.05) is 27.8 Å². The first-order chi connectivity index (χ1) is 16.5. The number of carbonyl (C=O) groups is 2. The lowest BCUT2D eigenvalue weighted by molar-refractivity contribution is -0.137. The maximum atomic E-state index is 14.6. The molecule has 0 bridgehead atoms. The molecule has 190 valence electrons. The van der Waals surface area contributed by atoms with Gasteiger partial charge in [0.15, 0.2) is 11.6 Å². The topological polar surface area (TPSA) is 79.7 Å². The van der Waals surface area contributed by atoms with Crippen LogP contribution < -0.4 is 5.32 Å². The second-order valence-corrected chi connectivity index (χ2v) is 10.1. The Balaban J connectivity index is 1.67. The number of hydrogen-bond acceptors (Lipinski definition) is 5. The van der Waals surface area contributed by atoms with Crippen molar-refractivity contribution in [3.8, 4) is 11.3 Å². The zero-order chi connectivity index (χ0) is 25.5. The highest BCUT2D eigenvalue weighted by Gasteiger charge is 2.38. The Morgan fingerprint density at radius 1 is 1.06 bits per heavy atom. The first-order valence-electron chi connectivity index (χ1n) is 11.6. The van der Waals surface area contributed by atoms with Crippen LogP contribution in [0.25, 0.3) is 11.3 Å². The number of piperazine rings is 1. The van der Waals surface area contributed by atoms with E-state index >= 15 is 0 Å². The van der Waals surface area contributed by atoms with Gasteiger partial charge in [-0.05, 0) is 18.5 Å². The molecule has 35 heavy (non-hydrogen) atoms. The molecule has 0 radical (unpaired) electrons. The van der Waals surface area contributed by atoms with Crippen molar-refractivity contribution < 1.29 is 27.5 Å². The number of hydrogen-bond donors (Lipinski definition) is 1. The van der Waals surface area contributed by atoms with Crippen molar-refractivity contribution in [2.45, 2.75) is 39.8 Å². The molecule has 11 heteroatoms. The molecule has 1 atom stereocenters. The highest BCUT2D eigenvalue weighted by atomic mass is 19.2. The van der Waals surface area contributed by atoms with Crippen molar-refractivity contribution in [2.75, 3.05) is 39.8 Å². The summed E-state index contributed by atoms with van der Waals surface area (Å²) in [5.74, 6) is -3.73. The minimum Gasteiger partial charge on any atom is -0.376 e. The lowest BCUT2D eigenvalue weighted by Crippen LogP contribution is -2.58. The van der Waals surface area contributed by atoms with Gasteiger partial charge in [-0.15, -0.1) is 0 Å². The largest absolute Gasteiger partial charge is 0.376 e. The van der Waals surface area contributed by atoms with Crippen molar-refractivity contribution in [1.82, 2.24) is 24.9 Å². The van der Waals surface area contributed by atoms with Gasteiger partial charge in [-0.1, -0.05) is 20.8 Å². The maximum Gasteiger partial charge on any atom is 0.343 e. The molecule has 0 aliphatic carbocycles. The highest BCUT2D eigenvalue weighted by molar-refractivity contribution is 5.89. The van der Waals surface area contributed by atoms with Crippen LogP contribution in [0.1, 0.15) is 32.0 Å². The average molecular weight is 494 g/mol. The maximum absolute atomic E-state index is 14.6. The minimum atomic E-state index is -1.32. The van der Waals surface area contributed by atoms with Gasteiger partial charge in [-0.2, -0.15) is 9.78 Å². The Kier molecular flexibility index (Phi) is 6.92. The fourth-order valence-corrected chi connectivity index (χ4v) is 4.37. The summed E-state index contributed by atoms with van der Waals surface area (Å²) in [4.78, 5) is 30.6. The van der Waals surface area contributed by atoms with Crippen molar-refractivity contribution in [1.29, 1.82) is 0 Å². The molecule has 1 N–H and O–H groups in total. The van der Waals surface area contributed by atoms with Crippen LogP contribution in [0.4, 0.5) is 18.0 Å². The summed E-state index contributed by atoms with van der Waals surface area (Å²) in [6.07, 6.45) is 0.313. The average Bonchev–Trinajstić information content (AvgIpc) is 3.19. The molecule has 2 aliphatic rings. The van der Waals surface area contributed by atoms with E-state index in [9.17, 15) is 22.8 Å². The number of nitrogens with zero attached hydrogens (tertiary/aromatic N) is 4. The first kappa shape index (κ1) is 25.2. The van der Waals surface area contributed by atoms with Crippen LogP contribution in [-0.4, -0.2) is 77.4 Å². The third-order valence-electron chi connectivity index (χ3n) is 6.47. The summed E-state index contributed by atoms with van der Waals surface area (Å²) >= 11 is 0. The van der Waals surface area contributed by atoms with Crippen LogP contribution in [0.15, 0.2) is 12.1 Å². The van der Waals surface area contributed by atoms with Gasteiger partial charge >= 0.3 is 6.03 Å². The summed E-state index contributed by atoms with van der Waals surface area (Å²) < 4.78 is 48.5. The van der Waals surface area contributed by atoms with E-state index in [0.29, 0.717) is 43.4 Å². The monoisotopic (exact) mass is 493 g/mol. The predicted octanol–water partition coefficient (Wildman–Crippen LogP) is 2.79. The van der Waals surface area contributed by atoms with Crippen LogP contribution in [0.2, 0.25) is 0 Å². The van der Waals surface area contributed by atoms with Gasteiger partial charge in [0.25, 0.3) is 0 Å². The third kappa shape index (κ3) is 5.06. The smallest absolute Gasteiger partial charge is 0.343 e. The summed E-state index contributed by atoms with van der Waals surface area (Å²) in [5.41, 5.74) is 0.0465. The molecular formula is C24H30F3N5O3. The zero-order valence-corrected chi connectivity index (χ0v) is 20.3. The summed E-state index contributed by atoms with van der Waals surface area (Å²) in [7, 11) is 1.99. The van der Waals surface area contributed by atoms with Crippen molar-refractivity contribution in [3.05, 3.63) is 40.8 Å². The molecule has 1 fully saturated rings. The molecule has 3 heterocycles. The third-order valence-corrected chi connectivity index (χ3v) is 6.47. The van der Waals surface area contributed by atoms with Gasteiger partial charge in [-0.3, -0.25) is 4.79 Å². The number of aromatic nitrogens is 2. The number of halogens is 3. The number of fused-ring (bicyclic) bond motifs is 1. The molecule has 1 unspecified atom stereocenters. The quantitative estimate of drug-likeness (QED) is 0.666. The van der Waals surface area contributed by atoms with Crippen molar-refractivity contribution in [3.63, 3.8) is 0 Å². The number of likely N-dealkylation sites (N-methyl/N-ethyl adjacent to an activating group) is 1. The summed E-state index contributed by atoms with van der Waals surface area (Å²) in [5, 5.41) is 7.09. The molecule has 2 aliphatic heterocycles. The molecule has 0 saturated carbocycles. The predicted molar refractivity (Wildman–Crippen MR) is 122 cm³/mol. The SMILES string of the molecule is CN1CCN(C(=O)C(NC(=O)n2nc(-c3cc(F)c(F)cc3F)c3c2CCOC3)C(C)(C)C)CC1. The van der Waals surface area contributed by atoms with Crippen LogP contribution >= 0.6 is 0 Å². The Labute approximate surface area is 202 Å². The Morgan fingerprint density at radius 2 is 1.71 bits per heavy atom. The molecular weight excluding hydrogens is 463 g/mol. The Morgan fingerprint density at radius 3 is 2.37 bits per heavy atom. The van der Waals surface area contributed by atoms with E-state index in [4.69, 9.17) is 4.74 Å². The lowest BCUT2D eigenvalue weighted by Gasteiger charge is -2.38. The summed E-state index contributed by atoms with van der Waals surface area (Å²) in [6, 6.07) is -0.315. The number of ether oxygens (including phenoxy) is 1. The van der Waals surface area contributed by atoms with E-state index in [-0.39, 0.29) is 23.8 Å². The van der Waals surface area contributed by atoms with Gasteiger partial charge in [0.05, 0.1) is 18.9 Å². The number of benzene rings is 1. The van der Waals surface area contributed by atoms with E-state index in [2.05, 4.69) is 15.3 Å². The molecule has 1 aromatic carbocycles. The highest BCUT2D eigenvalue weighted by Crippen LogP contribution is 2.32. The number of amides is 2. The lowest BCUT2D eigenvalue weighted by atomic mass is 9.85. The normalized spacial score (nSPS) is 17.7. The zero-order valence-electron chi connectivity index (χ0n) is 20.3. The van der Waals surface area contributed by atoms with E-state index < -0.39 is 34.9 Å². The molecule has 1 aromatic heterocycles. The second-order valence-electron chi connectivity index (χ2n) is 10.1. The Bertz CT molecular complexity index is 1140. The minimum absolute atomic E-state index is 0.00366. The van der Waals surface area contributed by atoms with Crippen LogP contribution in [-0.2, 0) is 22.6 Å². The molecule has 1 saturated heterocycles. The molecule has 0 spiro atoms. The summed E-state index contributed by atoms with van der Waals surface area (Å²) in [6.45, 7) is 8.55. The van der Waals surface area contributed by atoms with Gasteiger partial charge in [0.1, 0.15) is 17.6 Å². The molecule has 2 aromatic rings.